The van der Waals surface area contributed by atoms with Crippen molar-refractivity contribution in [1.29, 1.82) is 0 Å². The monoisotopic (exact) mass is 792 g/mol. The van der Waals surface area contributed by atoms with Gasteiger partial charge in [0.1, 0.15) is 0 Å². The molecule has 0 bridgehead atoms. The van der Waals surface area contributed by atoms with E-state index in [-0.39, 0.29) is 6.34 Å². The van der Waals surface area contributed by atoms with Gasteiger partial charge in [0.05, 0.1) is 0 Å². The quantitative estimate of drug-likeness (QED) is 0.181. The van der Waals surface area contributed by atoms with Gasteiger partial charge in [0.2, 0.25) is 0 Å². The average Bonchev–Trinajstić information content (AvgIpc) is 3.62. The normalized spacial score (nSPS) is 20.0. The van der Waals surface area contributed by atoms with Crippen molar-refractivity contribution < 1.29 is 14.2 Å². The van der Waals surface area contributed by atoms with Crippen LogP contribution in [0.3, 0.4) is 0 Å². The van der Waals surface area contributed by atoms with E-state index in [9.17, 15) is 0 Å². The van der Waals surface area contributed by atoms with E-state index < -0.39 is 14.2 Å². The van der Waals surface area contributed by atoms with E-state index in [0.717, 1.165) is 0 Å². The SMILES string of the molecule is Cc1cccc(-c2cccc3c2C=C[CH]3[Hf]([CH3])([CH3])(=[SiH2])([CH]2C=Cc3c(-c4cccc(C)c4C)cccc32)([C](C)(C)C)[C](C)(C)C)c1C. The fourth-order valence-corrected chi connectivity index (χ4v) is 57.3. The summed E-state index contributed by atoms with van der Waals surface area (Å²) in [6.45, 7) is 27.2. The Labute approximate surface area is 275 Å². The summed E-state index contributed by atoms with van der Waals surface area (Å²) < 4.78 is 6.49. The summed E-state index contributed by atoms with van der Waals surface area (Å²) in [7, 11) is 0. The first-order valence-corrected chi connectivity index (χ1v) is 40.6. The first-order valence-electron chi connectivity index (χ1n) is 17.4. The molecule has 2 heteroatoms. The number of hydrogen-bond donors (Lipinski definition) is 0. The molecule has 4 aromatic carbocycles. The Balaban J connectivity index is 1.72. The molecule has 2 aliphatic rings. The van der Waals surface area contributed by atoms with Crippen molar-refractivity contribution in [2.75, 3.05) is 0 Å². The topological polar surface area (TPSA) is 0 Å². The summed E-state index contributed by atoms with van der Waals surface area (Å²) in [6, 6.07) is 27.9. The van der Waals surface area contributed by atoms with Gasteiger partial charge in [-0.1, -0.05) is 0 Å². The van der Waals surface area contributed by atoms with E-state index in [2.05, 4.69) is 183 Å². The molecular formula is C44H56HfSi. The van der Waals surface area contributed by atoms with Crippen molar-refractivity contribution in [2.24, 2.45) is 0 Å². The molecule has 2 unspecified atom stereocenters. The van der Waals surface area contributed by atoms with Gasteiger partial charge >= 0.3 is 277 Å². The second kappa shape index (κ2) is 9.32. The molecule has 0 N–H and O–H groups in total. The van der Waals surface area contributed by atoms with Gasteiger partial charge in [0, 0.05) is 0 Å². The molecule has 2 aliphatic carbocycles. The molecule has 0 radical (unpaired) electrons. The molecule has 0 fully saturated rings. The zero-order valence-electron chi connectivity index (χ0n) is 30.6. The zero-order chi connectivity index (χ0) is 33.8. The molecule has 46 heavy (non-hydrogen) atoms. The Bertz CT molecular complexity index is 2000. The Hall–Kier alpha value is -2.55. The van der Waals surface area contributed by atoms with E-state index in [0.29, 0.717) is 7.35 Å². The Morgan fingerprint density at radius 2 is 0.826 bits per heavy atom. The van der Waals surface area contributed by atoms with Crippen LogP contribution in [0, 0.1) is 27.7 Å². The van der Waals surface area contributed by atoms with E-state index in [1.807, 2.05) is 0 Å². The summed E-state index contributed by atoms with van der Waals surface area (Å²) in [5.74, 6) is 0. The molecule has 0 heterocycles. The third kappa shape index (κ3) is 3.49. The molecule has 240 valence electrons. The predicted molar refractivity (Wildman–Crippen MR) is 206 cm³/mol. The Morgan fingerprint density at radius 1 is 0.500 bits per heavy atom. The van der Waals surface area contributed by atoms with Crippen molar-refractivity contribution in [2.45, 2.75) is 92.3 Å². The van der Waals surface area contributed by atoms with Gasteiger partial charge in [0.15, 0.2) is 0 Å². The molecule has 2 atom stereocenters. The van der Waals surface area contributed by atoms with Crippen LogP contribution < -0.4 is 0 Å². The third-order valence-electron chi connectivity index (χ3n) is 16.9. The van der Waals surface area contributed by atoms with Gasteiger partial charge in [0.25, 0.3) is 0 Å². The Kier molecular flexibility index (Phi) is 6.76. The van der Waals surface area contributed by atoms with Gasteiger partial charge in [-0.3, -0.25) is 0 Å². The van der Waals surface area contributed by atoms with Crippen molar-refractivity contribution >= 4 is 19.1 Å². The van der Waals surface area contributed by atoms with Gasteiger partial charge < -0.3 is 0 Å². The van der Waals surface area contributed by atoms with Gasteiger partial charge in [-0.2, -0.15) is 0 Å². The number of aryl methyl sites for hydroxylation is 2. The second-order valence-electron chi connectivity index (χ2n) is 19.3. The number of allylic oxidation sites excluding steroid dienone is 2. The van der Waals surface area contributed by atoms with Gasteiger partial charge in [-0.25, -0.2) is 0 Å². The summed E-state index contributed by atoms with van der Waals surface area (Å²) in [4.78, 5) is 0. The first kappa shape index (κ1) is 33.4. The minimum absolute atomic E-state index is 0.0262. The number of hydrogen-bond acceptors (Lipinski definition) is 0. The van der Waals surface area contributed by atoms with E-state index in [4.69, 9.17) is 0 Å². The van der Waals surface area contributed by atoms with Crippen LogP contribution in [0.25, 0.3) is 34.4 Å². The molecule has 0 saturated carbocycles. The fraction of sp³-hybridized carbons (Fsp3) is 0.364. The average molecular weight is 792 g/mol. The Morgan fingerprint density at radius 3 is 1.17 bits per heavy atom. The van der Waals surface area contributed by atoms with Gasteiger partial charge in [-0.05, 0) is 0 Å². The van der Waals surface area contributed by atoms with Crippen LogP contribution in [0.1, 0.15) is 93.4 Å². The molecule has 0 aromatic heterocycles. The molecule has 0 aliphatic heterocycles. The number of benzene rings is 4. The minimum atomic E-state index is -5.57. The molecular weight excluding hydrogens is 735 g/mol. The number of rotatable bonds is 4. The van der Waals surface area contributed by atoms with Crippen LogP contribution >= 0.6 is 0 Å². The maximum absolute atomic E-state index is 5.57. The van der Waals surface area contributed by atoms with Crippen LogP contribution in [0.2, 0.25) is 15.7 Å². The summed E-state index contributed by atoms with van der Waals surface area (Å²) in [5, 5.41) is 0. The van der Waals surface area contributed by atoms with Crippen molar-refractivity contribution in [3.8, 4) is 22.3 Å². The van der Waals surface area contributed by atoms with Crippen LogP contribution in [0.5, 0.6) is 0 Å². The van der Waals surface area contributed by atoms with Crippen LogP contribution in [-0.2, 0) is 14.2 Å². The standard InChI is InChI=1S/2C17H15.2C4H9.2CH3.Hf.H2Si/c2*1-12-6-3-9-15(13(12)2)17-11-5-8-14-7-4-10-16(14)17;2*1-4(2)3;;;;/h2*3-11H,1-2H3;2*1-3H3;2*1H3;;1H2. The molecule has 4 aromatic rings. The molecule has 0 nitrogen and oxygen atoms in total. The van der Waals surface area contributed by atoms with Crippen molar-refractivity contribution in [3.63, 3.8) is 0 Å². The molecule has 0 saturated heterocycles. The van der Waals surface area contributed by atoms with Crippen LogP contribution in [-0.4, -0.2) is 6.94 Å². The molecule has 0 spiro atoms. The van der Waals surface area contributed by atoms with E-state index >= 15 is 0 Å². The summed E-state index contributed by atoms with van der Waals surface area (Å²) in [6.07, 6.45) is 10.4. The van der Waals surface area contributed by atoms with Crippen molar-refractivity contribution in [1.82, 2.24) is 0 Å². The fourth-order valence-electron chi connectivity index (χ4n) is 10.6. The molecule has 6 rings (SSSR count). The maximum atomic E-state index is 2.89. The third-order valence-corrected chi connectivity index (χ3v) is 111. The van der Waals surface area contributed by atoms with Crippen molar-refractivity contribution in [3.05, 3.63) is 129 Å². The van der Waals surface area contributed by atoms with E-state index in [1.165, 1.54) is 66.8 Å². The summed E-state index contributed by atoms with van der Waals surface area (Å²) in [5.41, 5.74) is 16.8. The first-order chi connectivity index (χ1) is 21.2. The zero-order valence-corrected chi connectivity index (χ0v) is 35.6. The second-order valence-corrected chi connectivity index (χ2v) is 94.4. The van der Waals surface area contributed by atoms with Crippen LogP contribution in [0.4, 0.5) is 0 Å². The van der Waals surface area contributed by atoms with Crippen LogP contribution in [0.15, 0.2) is 84.9 Å². The van der Waals surface area contributed by atoms with Gasteiger partial charge in [-0.15, -0.1) is 0 Å². The predicted octanol–water partition coefficient (Wildman–Crippen LogP) is 12.9. The molecule has 0 amide bonds. The number of fused-ring (bicyclic) bond motifs is 2. The summed E-state index contributed by atoms with van der Waals surface area (Å²) >= 11 is -5.57. The van der Waals surface area contributed by atoms with E-state index in [1.54, 1.807) is 0 Å².